The molecule has 274 valence electrons. The number of ether oxygens (including phenoxy) is 3. The summed E-state index contributed by atoms with van der Waals surface area (Å²) in [5.74, 6) is -0.522. The molecular formula is C39H70O8. The predicted octanol–water partition coefficient (Wildman–Crippen LogP) is 8.41. The Labute approximate surface area is 286 Å². The van der Waals surface area contributed by atoms with Gasteiger partial charge in [-0.1, -0.05) is 103 Å². The summed E-state index contributed by atoms with van der Waals surface area (Å²) >= 11 is 0. The van der Waals surface area contributed by atoms with Crippen molar-refractivity contribution in [2.45, 2.75) is 224 Å². The number of cyclic esters (lactones) is 1. The minimum Gasteiger partial charge on any atom is -0.462 e. The highest BCUT2D eigenvalue weighted by Crippen LogP contribution is 2.29. The number of unbranched alkanes of at least 4 members (excludes halogenated alkanes) is 14. The molecule has 7 unspecified atom stereocenters. The molecule has 8 nitrogen and oxygen atoms in total. The fourth-order valence-corrected chi connectivity index (χ4v) is 7.10. The van der Waals surface area contributed by atoms with Gasteiger partial charge in [0.2, 0.25) is 0 Å². The van der Waals surface area contributed by atoms with Crippen LogP contribution in [-0.4, -0.2) is 70.0 Å². The Kier molecular flexibility index (Phi) is 22.6. The number of rotatable bonds is 29. The summed E-state index contributed by atoms with van der Waals surface area (Å²) in [4.78, 5) is 23.4. The van der Waals surface area contributed by atoms with Crippen LogP contribution in [0.1, 0.15) is 181 Å². The third-order valence-electron chi connectivity index (χ3n) is 9.92. The van der Waals surface area contributed by atoms with Crippen molar-refractivity contribution in [1.82, 2.24) is 0 Å². The molecule has 0 aromatic carbocycles. The molecule has 1 saturated heterocycles. The van der Waals surface area contributed by atoms with Crippen molar-refractivity contribution in [3.8, 4) is 0 Å². The van der Waals surface area contributed by atoms with Gasteiger partial charge in [0.1, 0.15) is 12.2 Å². The third kappa shape index (κ3) is 19.3. The zero-order valence-electron chi connectivity index (χ0n) is 30.2. The maximum atomic E-state index is 11.8. The van der Waals surface area contributed by atoms with Crippen molar-refractivity contribution in [3.05, 3.63) is 11.6 Å². The van der Waals surface area contributed by atoms with Gasteiger partial charge in [0, 0.05) is 18.9 Å². The Hall–Kier alpha value is -1.48. The second-order valence-electron chi connectivity index (χ2n) is 14.4. The van der Waals surface area contributed by atoms with Crippen LogP contribution in [0, 0.1) is 0 Å². The first kappa shape index (κ1) is 41.7. The predicted molar refractivity (Wildman–Crippen MR) is 187 cm³/mol. The summed E-state index contributed by atoms with van der Waals surface area (Å²) in [5.41, 5.74) is 0.809. The number of carbonyl (C=O) groups excluding carboxylic acids is 2. The van der Waals surface area contributed by atoms with E-state index in [-0.39, 0.29) is 42.5 Å². The van der Waals surface area contributed by atoms with Crippen LogP contribution in [0.25, 0.3) is 0 Å². The molecule has 0 amide bonds. The highest BCUT2D eigenvalue weighted by Gasteiger charge is 2.35. The largest absolute Gasteiger partial charge is 0.462 e. The number of aliphatic hydroxyl groups is 3. The molecule has 0 saturated carbocycles. The van der Waals surface area contributed by atoms with Gasteiger partial charge < -0.3 is 29.5 Å². The zero-order chi connectivity index (χ0) is 34.3. The van der Waals surface area contributed by atoms with Crippen LogP contribution in [0.2, 0.25) is 0 Å². The Morgan fingerprint density at radius 3 is 1.85 bits per heavy atom. The molecule has 7 atom stereocenters. The minimum absolute atomic E-state index is 0.0951. The topological polar surface area (TPSA) is 123 Å². The lowest BCUT2D eigenvalue weighted by Gasteiger charge is -2.25. The molecule has 8 heteroatoms. The van der Waals surface area contributed by atoms with Gasteiger partial charge >= 0.3 is 11.9 Å². The smallest absolute Gasteiger partial charge is 0.334 e. The molecule has 0 bridgehead atoms. The lowest BCUT2D eigenvalue weighted by Crippen LogP contribution is -2.34. The van der Waals surface area contributed by atoms with Crippen LogP contribution in [0.3, 0.4) is 0 Å². The van der Waals surface area contributed by atoms with Crippen LogP contribution in [0.15, 0.2) is 11.6 Å². The fourth-order valence-electron chi connectivity index (χ4n) is 7.10. The van der Waals surface area contributed by atoms with Crippen molar-refractivity contribution in [2.24, 2.45) is 0 Å². The summed E-state index contributed by atoms with van der Waals surface area (Å²) in [6.45, 7) is 5.53. The van der Waals surface area contributed by atoms with E-state index in [4.69, 9.17) is 14.2 Å². The number of hydrogen-bond donors (Lipinski definition) is 3. The lowest BCUT2D eigenvalue weighted by atomic mass is 9.98. The Bertz CT molecular complexity index is 860. The summed E-state index contributed by atoms with van der Waals surface area (Å²) in [6.07, 6.45) is 24.3. The summed E-state index contributed by atoms with van der Waals surface area (Å²) < 4.78 is 16.8. The summed E-state index contributed by atoms with van der Waals surface area (Å²) in [5, 5.41) is 32.1. The Balaban J connectivity index is 1.52. The van der Waals surface area contributed by atoms with E-state index in [0.717, 1.165) is 89.0 Å². The molecule has 2 heterocycles. The molecule has 2 rings (SSSR count). The molecule has 2 aliphatic rings. The van der Waals surface area contributed by atoms with E-state index in [1.807, 2.05) is 13.0 Å². The summed E-state index contributed by atoms with van der Waals surface area (Å²) in [6, 6.07) is 0. The van der Waals surface area contributed by atoms with E-state index < -0.39 is 12.2 Å². The van der Waals surface area contributed by atoms with Gasteiger partial charge in [-0.15, -0.1) is 0 Å². The maximum Gasteiger partial charge on any atom is 0.334 e. The molecule has 47 heavy (non-hydrogen) atoms. The quantitative estimate of drug-likeness (QED) is 0.0537. The van der Waals surface area contributed by atoms with E-state index in [2.05, 4.69) is 6.92 Å². The molecule has 3 N–H and O–H groups in total. The van der Waals surface area contributed by atoms with Gasteiger partial charge in [-0.25, -0.2) is 4.79 Å². The van der Waals surface area contributed by atoms with Crippen molar-refractivity contribution in [2.75, 3.05) is 0 Å². The van der Waals surface area contributed by atoms with Gasteiger partial charge in [0.05, 0.1) is 30.5 Å². The van der Waals surface area contributed by atoms with Crippen molar-refractivity contribution in [1.29, 1.82) is 0 Å². The summed E-state index contributed by atoms with van der Waals surface area (Å²) in [7, 11) is 0. The van der Waals surface area contributed by atoms with Crippen LogP contribution >= 0.6 is 0 Å². The van der Waals surface area contributed by atoms with Gasteiger partial charge in [0.25, 0.3) is 0 Å². The molecule has 0 aliphatic carbocycles. The standard InChI is InChI=1S/C39H70O8/c1-4-5-6-7-8-9-10-11-15-18-25-35(42)37-26-27-38(47-37)36(43)29-34(46-31(3)40)24-20-19-23-33(41)22-17-14-12-13-16-21-32-28-30(2)45-39(32)44/h28,30,33-38,41-43H,4-27,29H2,1-3H3. The van der Waals surface area contributed by atoms with Crippen LogP contribution in [0.5, 0.6) is 0 Å². The van der Waals surface area contributed by atoms with E-state index in [1.165, 1.54) is 58.3 Å². The number of carbonyl (C=O) groups is 2. The van der Waals surface area contributed by atoms with Crippen molar-refractivity contribution < 1.29 is 39.1 Å². The van der Waals surface area contributed by atoms with E-state index in [1.54, 1.807) is 0 Å². The number of hydrogen-bond acceptors (Lipinski definition) is 8. The number of esters is 2. The second kappa shape index (κ2) is 25.5. The van der Waals surface area contributed by atoms with E-state index >= 15 is 0 Å². The Morgan fingerprint density at radius 1 is 0.766 bits per heavy atom. The zero-order valence-corrected chi connectivity index (χ0v) is 30.2. The molecule has 2 aliphatic heterocycles. The van der Waals surface area contributed by atoms with Gasteiger partial charge in [-0.05, 0) is 70.8 Å². The van der Waals surface area contributed by atoms with Crippen LogP contribution in [-0.2, 0) is 23.8 Å². The second-order valence-corrected chi connectivity index (χ2v) is 14.4. The van der Waals surface area contributed by atoms with Crippen LogP contribution in [0.4, 0.5) is 0 Å². The molecule has 0 aromatic heterocycles. The van der Waals surface area contributed by atoms with Crippen molar-refractivity contribution in [3.63, 3.8) is 0 Å². The number of aliphatic hydroxyl groups excluding tert-OH is 3. The van der Waals surface area contributed by atoms with Gasteiger partial charge in [0.15, 0.2) is 0 Å². The lowest BCUT2D eigenvalue weighted by molar-refractivity contribution is -0.150. The average molecular weight is 667 g/mol. The molecule has 0 radical (unpaired) electrons. The maximum absolute atomic E-state index is 11.8. The van der Waals surface area contributed by atoms with Gasteiger partial charge in [-0.3, -0.25) is 4.79 Å². The monoisotopic (exact) mass is 667 g/mol. The van der Waals surface area contributed by atoms with E-state index in [0.29, 0.717) is 25.7 Å². The third-order valence-corrected chi connectivity index (χ3v) is 9.92. The van der Waals surface area contributed by atoms with Crippen molar-refractivity contribution >= 4 is 11.9 Å². The highest BCUT2D eigenvalue weighted by molar-refractivity contribution is 5.90. The minimum atomic E-state index is -0.744. The Morgan fingerprint density at radius 2 is 1.28 bits per heavy atom. The molecule has 0 aromatic rings. The average Bonchev–Trinajstić information content (AvgIpc) is 3.65. The molecular weight excluding hydrogens is 596 g/mol. The fraction of sp³-hybridized carbons (Fsp3) is 0.897. The van der Waals surface area contributed by atoms with Crippen LogP contribution < -0.4 is 0 Å². The molecule has 1 fully saturated rings. The highest BCUT2D eigenvalue weighted by atomic mass is 16.6. The first-order valence-electron chi connectivity index (χ1n) is 19.5. The first-order chi connectivity index (χ1) is 22.7. The van der Waals surface area contributed by atoms with Gasteiger partial charge in [-0.2, -0.15) is 0 Å². The van der Waals surface area contributed by atoms with E-state index in [9.17, 15) is 24.9 Å². The molecule has 0 spiro atoms. The SMILES string of the molecule is CCCCCCCCCCCCC(O)C1CCC(C(O)CC(CCCCC(O)CCCCCCCC2=CC(C)OC2=O)OC(C)=O)O1. The normalized spacial score (nSPS) is 22.1. The first-order valence-corrected chi connectivity index (χ1v) is 19.5.